The van der Waals surface area contributed by atoms with E-state index in [-0.39, 0.29) is 5.78 Å². The van der Waals surface area contributed by atoms with Gasteiger partial charge in [0.2, 0.25) is 0 Å². The van der Waals surface area contributed by atoms with Gasteiger partial charge >= 0.3 is 0 Å². The van der Waals surface area contributed by atoms with Gasteiger partial charge < -0.3 is 4.74 Å². The molecule has 0 aromatic rings. The van der Waals surface area contributed by atoms with Crippen LogP contribution in [0.15, 0.2) is 35.6 Å². The third-order valence-electron chi connectivity index (χ3n) is 7.49. The fourth-order valence-corrected chi connectivity index (χ4v) is 6.39. The van der Waals surface area contributed by atoms with E-state index in [1.54, 1.807) is 0 Å². The number of hydrogen-bond acceptors (Lipinski definition) is 2. The number of carbonyl (C=O) groups is 1. The lowest BCUT2D eigenvalue weighted by Crippen LogP contribution is -2.45. The first-order valence-electron chi connectivity index (χ1n) is 9.82. The van der Waals surface area contributed by atoms with Gasteiger partial charge in [-0.25, -0.2) is 0 Å². The Morgan fingerprint density at radius 1 is 1.29 bits per heavy atom. The maximum absolute atomic E-state index is 12.5. The van der Waals surface area contributed by atoms with Crippen molar-refractivity contribution in [1.29, 1.82) is 0 Å². The number of Topliss-reactive ketones (excluding diaryl/α,β-unsaturated/α-hetero) is 1. The Bertz CT molecular complexity index is 626. The molecule has 0 amide bonds. The van der Waals surface area contributed by atoms with Crippen LogP contribution in [0.4, 0.5) is 0 Å². The highest BCUT2D eigenvalue weighted by molar-refractivity contribution is 5.95. The van der Waals surface area contributed by atoms with Crippen LogP contribution in [0.5, 0.6) is 0 Å². The van der Waals surface area contributed by atoms with Gasteiger partial charge in [0.15, 0.2) is 11.5 Å². The Kier molecular flexibility index (Phi) is 3.97. The minimum Gasteiger partial charge on any atom is -0.490 e. The van der Waals surface area contributed by atoms with E-state index in [1.165, 1.54) is 49.7 Å². The van der Waals surface area contributed by atoms with Crippen molar-refractivity contribution in [1.82, 2.24) is 0 Å². The summed E-state index contributed by atoms with van der Waals surface area (Å²) >= 11 is 0. The highest BCUT2D eigenvalue weighted by Gasteiger charge is 2.54. The van der Waals surface area contributed by atoms with Crippen LogP contribution in [0.3, 0.4) is 0 Å². The van der Waals surface area contributed by atoms with Crippen LogP contribution >= 0.6 is 0 Å². The molecule has 0 aromatic carbocycles. The zero-order valence-electron chi connectivity index (χ0n) is 15.1. The van der Waals surface area contributed by atoms with Gasteiger partial charge in [-0.15, -0.1) is 0 Å². The van der Waals surface area contributed by atoms with Gasteiger partial charge in [-0.3, -0.25) is 4.79 Å². The molecule has 2 saturated carbocycles. The molecule has 4 aliphatic rings. The number of fused-ring (bicyclic) bond motifs is 5. The third-order valence-corrected chi connectivity index (χ3v) is 7.49. The van der Waals surface area contributed by atoms with E-state index in [4.69, 9.17) is 4.74 Å². The molecule has 0 heterocycles. The summed E-state index contributed by atoms with van der Waals surface area (Å²) in [5, 5.41) is 0. The van der Waals surface area contributed by atoms with Gasteiger partial charge in [0.1, 0.15) is 0 Å². The number of rotatable bonds is 3. The normalized spacial score (nSPS) is 41.1. The van der Waals surface area contributed by atoms with Crippen LogP contribution < -0.4 is 0 Å². The zero-order valence-corrected chi connectivity index (χ0v) is 15.1. The summed E-state index contributed by atoms with van der Waals surface area (Å²) in [6.07, 6.45) is 12.7. The first-order valence-corrected chi connectivity index (χ1v) is 9.82. The molecule has 4 rings (SSSR count). The standard InChI is InChI=1S/C22H30O2/c1-4-22-9-8-16-17(19(22)10-14(3)13-22)7-6-15-11-21(24-5-2)20(23)12-18(15)16/h6,11,16-19H,3-5,7-10,12-13H2,1-2H3/t16-,17+,18-,19-,22+/m0/s1. The number of carbonyl (C=O) groups excluding carboxylic acids is 1. The number of ether oxygens (including phenoxy) is 1. The van der Waals surface area contributed by atoms with Crippen molar-refractivity contribution < 1.29 is 9.53 Å². The van der Waals surface area contributed by atoms with Crippen molar-refractivity contribution in [3.8, 4) is 0 Å². The molecule has 5 atom stereocenters. The van der Waals surface area contributed by atoms with Crippen molar-refractivity contribution >= 4 is 5.78 Å². The van der Waals surface area contributed by atoms with Crippen LogP contribution in [0.1, 0.15) is 58.8 Å². The van der Waals surface area contributed by atoms with Gasteiger partial charge in [0.25, 0.3) is 0 Å². The molecular formula is C22H30O2. The lowest BCUT2D eigenvalue weighted by atomic mass is 9.52. The van der Waals surface area contributed by atoms with Crippen molar-refractivity contribution in [3.05, 3.63) is 35.6 Å². The van der Waals surface area contributed by atoms with Gasteiger partial charge in [0, 0.05) is 6.42 Å². The molecule has 4 aliphatic carbocycles. The second-order valence-corrected chi connectivity index (χ2v) is 8.43. The summed E-state index contributed by atoms with van der Waals surface area (Å²) in [5.41, 5.74) is 3.35. The maximum Gasteiger partial charge on any atom is 0.197 e. The first-order chi connectivity index (χ1) is 11.6. The molecule has 0 N–H and O–H groups in total. The minimum absolute atomic E-state index is 0.211. The molecular weight excluding hydrogens is 296 g/mol. The van der Waals surface area contributed by atoms with E-state index >= 15 is 0 Å². The average molecular weight is 326 g/mol. The van der Waals surface area contributed by atoms with Gasteiger partial charge in [0.05, 0.1) is 6.61 Å². The predicted octanol–water partition coefficient (Wildman–Crippen LogP) is 5.21. The largest absolute Gasteiger partial charge is 0.490 e. The first kappa shape index (κ1) is 16.2. The molecule has 0 unspecified atom stereocenters. The smallest absolute Gasteiger partial charge is 0.197 e. The predicted molar refractivity (Wildman–Crippen MR) is 96.3 cm³/mol. The molecule has 0 saturated heterocycles. The second-order valence-electron chi connectivity index (χ2n) is 8.43. The lowest BCUT2D eigenvalue weighted by molar-refractivity contribution is -0.121. The summed E-state index contributed by atoms with van der Waals surface area (Å²) in [4.78, 5) is 12.5. The number of allylic oxidation sites excluding steroid dienone is 5. The van der Waals surface area contributed by atoms with Gasteiger partial charge in [-0.1, -0.05) is 25.2 Å². The average Bonchev–Trinajstić information content (AvgIpc) is 2.92. The number of hydrogen-bond donors (Lipinski definition) is 0. The van der Waals surface area contributed by atoms with Gasteiger partial charge in [-0.2, -0.15) is 0 Å². The fourth-order valence-electron chi connectivity index (χ4n) is 6.39. The fraction of sp³-hybridized carbons (Fsp3) is 0.682. The van der Waals surface area contributed by atoms with E-state index in [9.17, 15) is 4.79 Å². The Labute approximate surface area is 146 Å². The van der Waals surface area contributed by atoms with E-state index in [0.717, 1.165) is 11.8 Å². The topological polar surface area (TPSA) is 26.3 Å². The number of ketones is 1. The molecule has 2 fully saturated rings. The second kappa shape index (κ2) is 5.89. The van der Waals surface area contributed by atoms with E-state index in [2.05, 4.69) is 19.6 Å². The Hall–Kier alpha value is -1.31. The van der Waals surface area contributed by atoms with Crippen molar-refractivity contribution in [3.63, 3.8) is 0 Å². The molecule has 24 heavy (non-hydrogen) atoms. The van der Waals surface area contributed by atoms with Crippen LogP contribution in [-0.2, 0) is 9.53 Å². The molecule has 0 radical (unpaired) electrons. The molecule has 0 bridgehead atoms. The van der Waals surface area contributed by atoms with E-state index in [1.807, 2.05) is 13.0 Å². The van der Waals surface area contributed by atoms with Crippen molar-refractivity contribution in [2.45, 2.75) is 58.8 Å². The zero-order chi connectivity index (χ0) is 16.9. The molecule has 130 valence electrons. The summed E-state index contributed by atoms with van der Waals surface area (Å²) < 4.78 is 5.56. The van der Waals surface area contributed by atoms with Crippen molar-refractivity contribution in [2.75, 3.05) is 6.61 Å². The molecule has 2 nitrogen and oxygen atoms in total. The van der Waals surface area contributed by atoms with E-state index in [0.29, 0.717) is 36.0 Å². The van der Waals surface area contributed by atoms with Crippen LogP contribution in [0, 0.1) is 29.1 Å². The quantitative estimate of drug-likeness (QED) is 0.665. The Morgan fingerprint density at radius 2 is 2.12 bits per heavy atom. The lowest BCUT2D eigenvalue weighted by Gasteiger charge is -2.52. The molecule has 0 aliphatic heterocycles. The molecule has 0 aromatic heterocycles. The highest BCUT2D eigenvalue weighted by Crippen LogP contribution is 2.63. The maximum atomic E-state index is 12.5. The van der Waals surface area contributed by atoms with Gasteiger partial charge in [-0.05, 0) is 86.2 Å². The highest BCUT2D eigenvalue weighted by atomic mass is 16.5. The van der Waals surface area contributed by atoms with Crippen molar-refractivity contribution in [2.24, 2.45) is 29.1 Å². The Balaban J connectivity index is 1.64. The summed E-state index contributed by atoms with van der Waals surface area (Å²) in [6, 6.07) is 0. The summed E-state index contributed by atoms with van der Waals surface area (Å²) in [5.74, 6) is 3.46. The van der Waals surface area contributed by atoms with E-state index < -0.39 is 0 Å². The van der Waals surface area contributed by atoms with Crippen LogP contribution in [0.25, 0.3) is 0 Å². The van der Waals surface area contributed by atoms with Crippen LogP contribution in [-0.4, -0.2) is 12.4 Å². The summed E-state index contributed by atoms with van der Waals surface area (Å²) in [6.45, 7) is 9.23. The monoisotopic (exact) mass is 326 g/mol. The minimum atomic E-state index is 0.211. The van der Waals surface area contributed by atoms with Crippen LogP contribution in [0.2, 0.25) is 0 Å². The molecule has 2 heteroatoms. The SMILES string of the molecule is C=C1C[C@H]2[C@@H]3CC=C4C=C(OCC)C(=O)C[C@@H]4[C@H]3CC[C@]2(CC)C1. The molecule has 0 spiro atoms. The Morgan fingerprint density at radius 3 is 2.88 bits per heavy atom. The third kappa shape index (κ3) is 2.33. The summed E-state index contributed by atoms with van der Waals surface area (Å²) in [7, 11) is 0.